The summed E-state index contributed by atoms with van der Waals surface area (Å²) in [5, 5.41) is 12.8. The first-order valence-electron chi connectivity index (χ1n) is 15.3. The molecular formula is C32H54N2O3. The van der Waals surface area contributed by atoms with Crippen molar-refractivity contribution in [1.82, 2.24) is 10.8 Å². The zero-order chi connectivity index (χ0) is 27.2. The Balaban J connectivity index is 1.47. The molecule has 10 atom stereocenters. The number of hydroxylamine groups is 1. The molecule has 0 aromatic rings. The molecule has 0 aliphatic heterocycles. The molecule has 0 aromatic carbocycles. The highest BCUT2D eigenvalue weighted by atomic mass is 16.5. The predicted molar refractivity (Wildman–Crippen MR) is 147 cm³/mol. The molecule has 0 bridgehead atoms. The number of hydrogen-bond acceptors (Lipinski definition) is 3. The Hall–Kier alpha value is -1.10. The van der Waals surface area contributed by atoms with Crippen LogP contribution < -0.4 is 10.8 Å². The van der Waals surface area contributed by atoms with Crippen molar-refractivity contribution in [2.75, 3.05) is 0 Å². The van der Waals surface area contributed by atoms with Gasteiger partial charge in [-0.05, 0) is 121 Å². The van der Waals surface area contributed by atoms with Crippen LogP contribution in [-0.4, -0.2) is 23.1 Å². The molecule has 3 N–H and O–H groups in total. The van der Waals surface area contributed by atoms with Crippen LogP contribution in [0.3, 0.4) is 0 Å². The molecule has 210 valence electrons. The van der Waals surface area contributed by atoms with E-state index >= 15 is 0 Å². The predicted octanol–water partition coefficient (Wildman–Crippen LogP) is 6.88. The van der Waals surface area contributed by atoms with Crippen molar-refractivity contribution in [3.05, 3.63) is 0 Å². The fraction of sp³-hybridized carbons (Fsp3) is 0.938. The first-order valence-corrected chi connectivity index (χ1v) is 15.3. The molecule has 0 saturated heterocycles. The largest absolute Gasteiger partial charge is 0.353 e. The van der Waals surface area contributed by atoms with Gasteiger partial charge in [-0.1, -0.05) is 48.5 Å². The Labute approximate surface area is 225 Å². The van der Waals surface area contributed by atoms with Gasteiger partial charge in [0.25, 0.3) is 0 Å². The van der Waals surface area contributed by atoms with Gasteiger partial charge in [0, 0.05) is 18.4 Å². The smallest absolute Gasteiger partial charge is 0.249 e. The van der Waals surface area contributed by atoms with Crippen molar-refractivity contribution >= 4 is 11.8 Å². The summed E-state index contributed by atoms with van der Waals surface area (Å²) in [6.07, 6.45) is 12.8. The van der Waals surface area contributed by atoms with Gasteiger partial charge in [-0.15, -0.1) is 0 Å². The summed E-state index contributed by atoms with van der Waals surface area (Å²) in [6, 6.07) is 0.271. The summed E-state index contributed by atoms with van der Waals surface area (Å²) < 4.78 is 0. The second-order valence-corrected chi connectivity index (χ2v) is 16.2. The Bertz CT molecular complexity index is 964. The lowest BCUT2D eigenvalue weighted by atomic mass is 9.31. The van der Waals surface area contributed by atoms with Crippen molar-refractivity contribution in [3.8, 4) is 0 Å². The molecule has 5 aliphatic carbocycles. The van der Waals surface area contributed by atoms with E-state index in [0.717, 1.165) is 25.7 Å². The Morgan fingerprint density at radius 2 is 1.41 bits per heavy atom. The van der Waals surface area contributed by atoms with Gasteiger partial charge in [-0.25, -0.2) is 5.48 Å². The van der Waals surface area contributed by atoms with Gasteiger partial charge in [-0.3, -0.25) is 14.8 Å². The lowest BCUT2D eigenvalue weighted by Crippen LogP contribution is -2.68. The molecule has 2 amide bonds. The van der Waals surface area contributed by atoms with Crippen molar-refractivity contribution in [2.45, 2.75) is 132 Å². The molecule has 1 unspecified atom stereocenters. The third kappa shape index (κ3) is 3.64. The van der Waals surface area contributed by atoms with Crippen LogP contribution in [0.5, 0.6) is 0 Å². The molecule has 0 radical (unpaired) electrons. The fourth-order valence-electron chi connectivity index (χ4n) is 12.0. The zero-order valence-electron chi connectivity index (χ0n) is 24.9. The molecule has 5 saturated carbocycles. The maximum Gasteiger partial charge on any atom is 0.249 e. The van der Waals surface area contributed by atoms with Crippen LogP contribution in [0, 0.1) is 56.2 Å². The van der Waals surface area contributed by atoms with Crippen molar-refractivity contribution in [1.29, 1.82) is 0 Å². The number of amides is 2. The number of carbonyl (C=O) groups is 2. The number of nitrogens with one attached hydrogen (secondary N) is 2. The van der Waals surface area contributed by atoms with E-state index < -0.39 is 5.41 Å². The summed E-state index contributed by atoms with van der Waals surface area (Å²) in [7, 11) is 0. The minimum atomic E-state index is -0.468. The second-order valence-electron chi connectivity index (χ2n) is 16.2. The average molecular weight is 515 g/mol. The van der Waals surface area contributed by atoms with Gasteiger partial charge in [0.2, 0.25) is 11.8 Å². The Kier molecular flexibility index (Phi) is 6.27. The lowest BCUT2D eigenvalue weighted by Gasteiger charge is -2.73. The average Bonchev–Trinajstić information content (AvgIpc) is 2.82. The van der Waals surface area contributed by atoms with Crippen LogP contribution in [0.1, 0.15) is 126 Å². The third-order valence-corrected chi connectivity index (χ3v) is 14.5. The van der Waals surface area contributed by atoms with E-state index in [4.69, 9.17) is 0 Å². The van der Waals surface area contributed by atoms with Crippen LogP contribution in [0.25, 0.3) is 0 Å². The Morgan fingerprint density at radius 3 is 2.05 bits per heavy atom. The van der Waals surface area contributed by atoms with Crippen LogP contribution in [-0.2, 0) is 9.59 Å². The van der Waals surface area contributed by atoms with Crippen LogP contribution in [0.15, 0.2) is 0 Å². The monoisotopic (exact) mass is 514 g/mol. The normalized spacial score (nSPS) is 52.5. The Morgan fingerprint density at radius 1 is 0.730 bits per heavy atom. The van der Waals surface area contributed by atoms with Crippen molar-refractivity contribution in [3.63, 3.8) is 0 Å². The molecule has 5 rings (SSSR count). The van der Waals surface area contributed by atoms with E-state index in [0.29, 0.717) is 39.9 Å². The highest BCUT2D eigenvalue weighted by Crippen LogP contribution is 2.77. The SMILES string of the molecule is CC(=O)N[C@H]1CC[C@@]2(C)C(CC[C@]3(C)[C@@H]2CC[C@@H]2[C@H]4C[C@@](C)(C(=O)NO)CC[C@]4(C)CC[C@]23C)C1(C)C. The summed E-state index contributed by atoms with van der Waals surface area (Å²) >= 11 is 0. The van der Waals surface area contributed by atoms with Gasteiger partial charge < -0.3 is 5.32 Å². The number of carbonyl (C=O) groups excluding carboxylic acids is 2. The third-order valence-electron chi connectivity index (χ3n) is 14.5. The molecule has 0 heterocycles. The van der Waals surface area contributed by atoms with Gasteiger partial charge in [-0.2, -0.15) is 0 Å². The van der Waals surface area contributed by atoms with E-state index in [1.54, 1.807) is 6.92 Å². The summed E-state index contributed by atoms with van der Waals surface area (Å²) in [5.41, 5.74) is 2.83. The van der Waals surface area contributed by atoms with Crippen LogP contribution >= 0.6 is 0 Å². The summed E-state index contributed by atoms with van der Waals surface area (Å²) in [6.45, 7) is 19.0. The number of rotatable bonds is 2. The maximum atomic E-state index is 12.8. The van der Waals surface area contributed by atoms with Gasteiger partial charge in [0.05, 0.1) is 0 Å². The molecule has 5 aliphatic rings. The van der Waals surface area contributed by atoms with Crippen LogP contribution in [0.2, 0.25) is 0 Å². The first kappa shape index (κ1) is 27.5. The topological polar surface area (TPSA) is 78.4 Å². The van der Waals surface area contributed by atoms with Crippen LogP contribution in [0.4, 0.5) is 0 Å². The quantitative estimate of drug-likeness (QED) is 0.278. The fourth-order valence-corrected chi connectivity index (χ4v) is 12.0. The van der Waals surface area contributed by atoms with E-state index in [-0.39, 0.29) is 28.7 Å². The first-order chi connectivity index (χ1) is 17.1. The van der Waals surface area contributed by atoms with E-state index in [9.17, 15) is 14.8 Å². The highest BCUT2D eigenvalue weighted by Gasteiger charge is 2.70. The number of hydrogen-bond donors (Lipinski definition) is 3. The molecule has 5 heteroatoms. The lowest BCUT2D eigenvalue weighted by molar-refractivity contribution is -0.245. The summed E-state index contributed by atoms with van der Waals surface area (Å²) in [4.78, 5) is 24.8. The van der Waals surface area contributed by atoms with E-state index in [1.807, 2.05) is 5.48 Å². The minimum absolute atomic E-state index is 0.103. The van der Waals surface area contributed by atoms with E-state index in [2.05, 4.69) is 53.8 Å². The number of fused-ring (bicyclic) bond motifs is 7. The standard InChI is InChI=1S/C32H54N2O3/c1-20(35)33-25-12-13-30(6)23(27(25,2)3)11-14-32(8)24(30)10-9-21-22-19-29(5,26(36)34-37)16-15-28(22,4)17-18-31(21,32)7/h21-25,37H,9-19H2,1-8H3,(H,33,35)(H,34,36)/t21-,22-,23?,24-,25+,28-,29+,30+,31-,32-/m1/s1. The molecule has 0 spiro atoms. The minimum Gasteiger partial charge on any atom is -0.353 e. The van der Waals surface area contributed by atoms with Gasteiger partial charge in [0.15, 0.2) is 0 Å². The van der Waals surface area contributed by atoms with E-state index in [1.165, 1.54) is 44.9 Å². The summed E-state index contributed by atoms with van der Waals surface area (Å²) in [5.74, 6) is 2.43. The molecule has 0 aromatic heterocycles. The van der Waals surface area contributed by atoms with Crippen molar-refractivity contribution in [2.24, 2.45) is 56.2 Å². The molecule has 5 nitrogen and oxygen atoms in total. The van der Waals surface area contributed by atoms with Gasteiger partial charge in [0.1, 0.15) is 0 Å². The second kappa shape index (κ2) is 8.45. The van der Waals surface area contributed by atoms with Crippen molar-refractivity contribution < 1.29 is 14.8 Å². The maximum absolute atomic E-state index is 12.8. The zero-order valence-corrected chi connectivity index (χ0v) is 24.9. The highest BCUT2D eigenvalue weighted by molar-refractivity contribution is 5.81. The molecular weight excluding hydrogens is 460 g/mol. The molecule has 5 fully saturated rings. The molecule has 37 heavy (non-hydrogen) atoms. The van der Waals surface area contributed by atoms with Gasteiger partial charge >= 0.3 is 0 Å².